The van der Waals surface area contributed by atoms with Gasteiger partial charge in [0.05, 0.1) is 24.4 Å². The molecule has 2 atom stereocenters. The summed E-state index contributed by atoms with van der Waals surface area (Å²) in [4.78, 5) is 9.07. The molecule has 1 aromatic heterocycles. The number of nitrogens with zero attached hydrogens (tertiary/aromatic N) is 2. The van der Waals surface area contributed by atoms with E-state index in [1.807, 2.05) is 18.4 Å². The molecule has 1 aliphatic heterocycles. The molecule has 0 bridgehead atoms. The Morgan fingerprint density at radius 3 is 2.95 bits per heavy atom. The van der Waals surface area contributed by atoms with Gasteiger partial charge in [-0.25, -0.2) is 4.98 Å². The van der Waals surface area contributed by atoms with Crippen molar-refractivity contribution in [2.24, 2.45) is 0 Å². The first kappa shape index (κ1) is 14.0. The third-order valence-corrected chi connectivity index (χ3v) is 6.10. The van der Waals surface area contributed by atoms with Gasteiger partial charge in [-0.15, -0.1) is 11.3 Å². The van der Waals surface area contributed by atoms with Crippen LogP contribution in [0.5, 0.6) is 0 Å². The first-order valence-electron chi connectivity index (χ1n) is 8.39. The maximum Gasteiger partial charge on any atom is 0.186 e. The molecule has 1 saturated heterocycles. The minimum absolute atomic E-state index is 0.438. The van der Waals surface area contributed by atoms with Gasteiger partial charge in [0.2, 0.25) is 0 Å². The van der Waals surface area contributed by atoms with E-state index in [2.05, 4.69) is 10.2 Å². The third kappa shape index (κ3) is 2.71. The summed E-state index contributed by atoms with van der Waals surface area (Å²) in [7, 11) is 2.03. The Kier molecular flexibility index (Phi) is 3.90. The zero-order valence-corrected chi connectivity index (χ0v) is 13.6. The van der Waals surface area contributed by atoms with E-state index in [1.165, 1.54) is 54.2 Å². The minimum atomic E-state index is 0.438. The van der Waals surface area contributed by atoms with Gasteiger partial charge in [0, 0.05) is 23.9 Å². The average Bonchev–Trinajstić information content (AvgIpc) is 3.28. The molecule has 2 heterocycles. The Balaban J connectivity index is 1.60. The van der Waals surface area contributed by atoms with Gasteiger partial charge in [-0.05, 0) is 32.7 Å². The summed E-state index contributed by atoms with van der Waals surface area (Å²) in [6, 6.07) is 0.563. The second kappa shape index (κ2) is 5.86. The van der Waals surface area contributed by atoms with Crippen LogP contribution in [0.3, 0.4) is 0 Å². The highest BCUT2D eigenvalue weighted by Gasteiger charge is 2.37. The molecule has 4 rings (SSSR count). The Morgan fingerprint density at radius 2 is 2.14 bits per heavy atom. The highest BCUT2D eigenvalue weighted by Crippen LogP contribution is 2.45. The number of aromatic nitrogens is 1. The number of thiazole rings is 1. The van der Waals surface area contributed by atoms with Crippen LogP contribution < -0.4 is 10.2 Å². The molecule has 3 fully saturated rings. The van der Waals surface area contributed by atoms with Gasteiger partial charge in [0.25, 0.3) is 0 Å². The largest absolute Gasteiger partial charge is 0.374 e. The molecule has 2 saturated carbocycles. The van der Waals surface area contributed by atoms with Crippen LogP contribution in [-0.4, -0.2) is 37.3 Å². The molecule has 0 radical (unpaired) electrons. The molecule has 5 heteroatoms. The van der Waals surface area contributed by atoms with Crippen molar-refractivity contribution < 1.29 is 4.74 Å². The van der Waals surface area contributed by atoms with E-state index in [1.54, 1.807) is 0 Å². The maximum absolute atomic E-state index is 6.00. The van der Waals surface area contributed by atoms with E-state index in [-0.39, 0.29) is 0 Å². The Labute approximate surface area is 130 Å². The van der Waals surface area contributed by atoms with Crippen LogP contribution in [0.1, 0.15) is 55.0 Å². The van der Waals surface area contributed by atoms with E-state index >= 15 is 0 Å². The Hall–Kier alpha value is -0.650. The molecule has 116 valence electrons. The van der Waals surface area contributed by atoms with Gasteiger partial charge in [-0.3, -0.25) is 0 Å². The van der Waals surface area contributed by atoms with Gasteiger partial charge in [0.15, 0.2) is 5.13 Å². The van der Waals surface area contributed by atoms with Crippen molar-refractivity contribution in [1.29, 1.82) is 0 Å². The smallest absolute Gasteiger partial charge is 0.186 e. The molecular weight excluding hydrogens is 282 g/mol. The van der Waals surface area contributed by atoms with Crippen molar-refractivity contribution in [1.82, 2.24) is 10.3 Å². The van der Waals surface area contributed by atoms with E-state index in [9.17, 15) is 0 Å². The van der Waals surface area contributed by atoms with Crippen molar-refractivity contribution in [3.8, 4) is 0 Å². The number of morpholine rings is 1. The van der Waals surface area contributed by atoms with Gasteiger partial charge < -0.3 is 15.0 Å². The van der Waals surface area contributed by atoms with E-state index in [4.69, 9.17) is 9.72 Å². The fourth-order valence-electron chi connectivity index (χ4n) is 3.77. The van der Waals surface area contributed by atoms with Crippen molar-refractivity contribution in [3.05, 3.63) is 10.6 Å². The molecule has 2 aliphatic carbocycles. The van der Waals surface area contributed by atoms with Crippen molar-refractivity contribution in [2.45, 2.75) is 63.1 Å². The predicted molar refractivity (Wildman–Crippen MR) is 86.2 cm³/mol. The number of nitrogens with one attached hydrogen (secondary N) is 1. The van der Waals surface area contributed by atoms with Crippen LogP contribution in [0.25, 0.3) is 0 Å². The van der Waals surface area contributed by atoms with Crippen molar-refractivity contribution in [2.75, 3.05) is 25.1 Å². The number of rotatable bonds is 4. The van der Waals surface area contributed by atoms with Gasteiger partial charge in [0.1, 0.15) is 0 Å². The second-order valence-electron chi connectivity index (χ2n) is 6.56. The lowest BCUT2D eigenvalue weighted by Crippen LogP contribution is -2.52. The van der Waals surface area contributed by atoms with Crippen molar-refractivity contribution in [3.63, 3.8) is 0 Å². The summed E-state index contributed by atoms with van der Waals surface area (Å²) in [5.41, 5.74) is 1.38. The average molecular weight is 307 g/mol. The molecule has 0 amide bonds. The van der Waals surface area contributed by atoms with E-state index in [0.717, 1.165) is 25.6 Å². The topological polar surface area (TPSA) is 37.4 Å². The number of fused-ring (bicyclic) bond motifs is 1. The van der Waals surface area contributed by atoms with E-state index < -0.39 is 0 Å². The minimum Gasteiger partial charge on any atom is -0.374 e. The van der Waals surface area contributed by atoms with Crippen LogP contribution in [0.4, 0.5) is 5.13 Å². The lowest BCUT2D eigenvalue weighted by atomic mass is 9.90. The fourth-order valence-corrected chi connectivity index (χ4v) is 5.01. The normalized spacial score (nSPS) is 29.5. The summed E-state index contributed by atoms with van der Waals surface area (Å²) in [6.07, 6.45) is 8.25. The molecule has 4 nitrogen and oxygen atoms in total. The van der Waals surface area contributed by atoms with Crippen molar-refractivity contribution >= 4 is 16.5 Å². The lowest BCUT2D eigenvalue weighted by Gasteiger charge is -2.43. The molecule has 0 spiro atoms. The van der Waals surface area contributed by atoms with Gasteiger partial charge in [-0.2, -0.15) is 0 Å². The molecule has 1 N–H and O–H groups in total. The van der Waals surface area contributed by atoms with Crippen LogP contribution in [0, 0.1) is 0 Å². The number of anilines is 1. The first-order chi connectivity index (χ1) is 10.4. The van der Waals surface area contributed by atoms with Crippen LogP contribution in [0.15, 0.2) is 0 Å². The summed E-state index contributed by atoms with van der Waals surface area (Å²) < 4.78 is 6.00. The van der Waals surface area contributed by atoms with Crippen LogP contribution in [0.2, 0.25) is 0 Å². The molecule has 21 heavy (non-hydrogen) atoms. The number of ether oxygens (including phenoxy) is 1. The SMILES string of the molecule is CNCc1sc(N2CCOC3CCCCC32)nc1C1CC1. The summed E-state index contributed by atoms with van der Waals surface area (Å²) in [5.74, 6) is 0.738. The molecule has 0 aromatic carbocycles. The standard InChI is InChI=1S/C16H25N3OS/c1-17-10-14-15(11-6-7-11)18-16(21-14)19-8-9-20-13-5-3-2-4-12(13)19/h11-13,17H,2-10H2,1H3. The van der Waals surface area contributed by atoms with Gasteiger partial charge in [-0.1, -0.05) is 12.8 Å². The van der Waals surface area contributed by atoms with Gasteiger partial charge >= 0.3 is 0 Å². The maximum atomic E-state index is 6.00. The Morgan fingerprint density at radius 1 is 1.29 bits per heavy atom. The van der Waals surface area contributed by atoms with Crippen LogP contribution >= 0.6 is 11.3 Å². The number of hydrogen-bond acceptors (Lipinski definition) is 5. The Bertz CT molecular complexity index is 498. The molecule has 2 unspecified atom stereocenters. The van der Waals surface area contributed by atoms with Crippen LogP contribution in [-0.2, 0) is 11.3 Å². The quantitative estimate of drug-likeness (QED) is 0.928. The molecule has 1 aromatic rings. The second-order valence-corrected chi connectivity index (χ2v) is 7.63. The summed E-state index contributed by atoms with van der Waals surface area (Å²) in [6.45, 7) is 2.83. The predicted octanol–water partition coefficient (Wildman–Crippen LogP) is 2.89. The molecular formula is C16H25N3OS. The summed E-state index contributed by atoms with van der Waals surface area (Å²) >= 11 is 1.91. The van der Waals surface area contributed by atoms with E-state index in [0.29, 0.717) is 12.1 Å². The lowest BCUT2D eigenvalue weighted by molar-refractivity contribution is -0.00869. The highest BCUT2D eigenvalue weighted by molar-refractivity contribution is 7.15. The first-order valence-corrected chi connectivity index (χ1v) is 9.21. The third-order valence-electron chi connectivity index (χ3n) is 5.00. The summed E-state index contributed by atoms with van der Waals surface area (Å²) in [5, 5.41) is 4.56. The zero-order chi connectivity index (χ0) is 14.2. The number of hydrogen-bond donors (Lipinski definition) is 1. The fraction of sp³-hybridized carbons (Fsp3) is 0.812. The monoisotopic (exact) mass is 307 g/mol. The molecule has 3 aliphatic rings. The zero-order valence-electron chi connectivity index (χ0n) is 12.8. The highest BCUT2D eigenvalue weighted by atomic mass is 32.1.